The van der Waals surface area contributed by atoms with Crippen LogP contribution in [0.15, 0.2) is 76.0 Å². The predicted octanol–water partition coefficient (Wildman–Crippen LogP) is 6.24. The first-order valence-corrected chi connectivity index (χ1v) is 14.3. The summed E-state index contributed by atoms with van der Waals surface area (Å²) >= 11 is 1.21. The van der Waals surface area contributed by atoms with Crippen LogP contribution in [0.4, 0.5) is 5.69 Å². The van der Waals surface area contributed by atoms with Gasteiger partial charge in [0.2, 0.25) is 5.91 Å². The van der Waals surface area contributed by atoms with Crippen molar-refractivity contribution >= 4 is 51.3 Å². The molecule has 1 N–H and O–H groups in total. The first kappa shape index (κ1) is 27.6. The monoisotopic (exact) mass is 559 g/mol. The second kappa shape index (κ2) is 12.0. The highest BCUT2D eigenvalue weighted by Crippen LogP contribution is 2.41. The number of para-hydroxylation sites is 1. The molecular weight excluding hydrogens is 526 g/mol. The van der Waals surface area contributed by atoms with Crippen LogP contribution in [-0.4, -0.2) is 57.8 Å². The van der Waals surface area contributed by atoms with Crippen molar-refractivity contribution < 1.29 is 24.2 Å². The maximum atomic E-state index is 13.2. The van der Waals surface area contributed by atoms with Crippen LogP contribution in [0, 0.1) is 0 Å². The van der Waals surface area contributed by atoms with Gasteiger partial charge in [0, 0.05) is 35.2 Å². The minimum Gasteiger partial charge on any atom is -0.506 e. The van der Waals surface area contributed by atoms with E-state index in [9.17, 15) is 14.7 Å². The average molecular weight is 560 g/mol. The zero-order valence-corrected chi connectivity index (χ0v) is 23.7. The fourth-order valence-corrected chi connectivity index (χ4v) is 6.16. The summed E-state index contributed by atoms with van der Waals surface area (Å²) in [6, 6.07) is 15.2. The molecule has 40 heavy (non-hydrogen) atoms. The number of ether oxygens (including phenoxy) is 2. The van der Waals surface area contributed by atoms with Gasteiger partial charge >= 0.3 is 5.97 Å². The molecule has 3 heterocycles. The van der Waals surface area contributed by atoms with Gasteiger partial charge in [-0.1, -0.05) is 30.0 Å². The number of hydrogen-bond donors (Lipinski definition) is 1. The highest BCUT2D eigenvalue weighted by atomic mass is 32.2. The molecule has 0 radical (unpaired) electrons. The Morgan fingerprint density at radius 3 is 2.65 bits per heavy atom. The number of benzene rings is 2. The molecule has 0 saturated carbocycles. The van der Waals surface area contributed by atoms with Crippen LogP contribution >= 0.6 is 11.8 Å². The first-order valence-electron chi connectivity index (χ1n) is 13.5. The highest BCUT2D eigenvalue weighted by Gasteiger charge is 2.33. The Hall–Kier alpha value is -3.98. The number of methoxy groups -OCH3 is 1. The predicted molar refractivity (Wildman–Crippen MR) is 159 cm³/mol. The number of carbonyl (C=O) groups is 2. The number of amides is 1. The summed E-state index contributed by atoms with van der Waals surface area (Å²) in [5.74, 6) is -0.0153. The number of aliphatic hydroxyl groups is 1. The average Bonchev–Trinajstić information content (AvgIpc) is 3.45. The zero-order chi connectivity index (χ0) is 28.2. The second-order valence-corrected chi connectivity index (χ2v) is 10.9. The number of aliphatic imine (C=N–C) groups is 1. The number of hydrogen-bond acceptors (Lipinski definition) is 7. The number of rotatable bonds is 7. The fourth-order valence-electron chi connectivity index (χ4n) is 5.13. The van der Waals surface area contributed by atoms with E-state index in [1.165, 1.54) is 11.8 Å². The van der Waals surface area contributed by atoms with Crippen LogP contribution < -0.4 is 4.74 Å². The van der Waals surface area contributed by atoms with Crippen LogP contribution in [0.2, 0.25) is 0 Å². The summed E-state index contributed by atoms with van der Waals surface area (Å²) in [6.07, 6.45) is 6.98. The molecule has 2 aliphatic heterocycles. The SMILES string of the molecule is CCOC(=O)C1=C(O)/C(=C/c2cn(CC(=O)N3CCCC[C@H]3C)c3ccccc23)SC1=Nc1ccc(OC)cc1. The van der Waals surface area contributed by atoms with Crippen LogP contribution in [0.1, 0.15) is 38.7 Å². The van der Waals surface area contributed by atoms with E-state index in [1.807, 2.05) is 46.0 Å². The Bertz CT molecular complexity index is 1520. The van der Waals surface area contributed by atoms with E-state index in [0.717, 1.165) is 42.3 Å². The van der Waals surface area contributed by atoms with Crippen molar-refractivity contribution in [2.75, 3.05) is 20.3 Å². The Labute approximate surface area is 238 Å². The minimum absolute atomic E-state index is 0.0342. The summed E-state index contributed by atoms with van der Waals surface area (Å²) in [4.78, 5) is 33.2. The Morgan fingerprint density at radius 2 is 1.93 bits per heavy atom. The quantitative estimate of drug-likeness (QED) is 0.344. The third-order valence-corrected chi connectivity index (χ3v) is 8.23. The number of nitrogens with zero attached hydrogens (tertiary/aromatic N) is 3. The number of esters is 1. The van der Waals surface area contributed by atoms with Crippen molar-refractivity contribution in [3.63, 3.8) is 0 Å². The number of likely N-dealkylation sites (tertiary alicyclic amines) is 1. The number of carbonyl (C=O) groups excluding carboxylic acids is 2. The number of fused-ring (bicyclic) bond motifs is 1. The second-order valence-electron chi connectivity index (χ2n) is 9.83. The molecule has 1 atom stereocenters. The van der Waals surface area contributed by atoms with E-state index >= 15 is 0 Å². The molecule has 5 rings (SSSR count). The Morgan fingerprint density at radius 1 is 1.15 bits per heavy atom. The van der Waals surface area contributed by atoms with Crippen molar-refractivity contribution in [3.8, 4) is 5.75 Å². The number of piperidine rings is 1. The van der Waals surface area contributed by atoms with Gasteiger partial charge in [0.15, 0.2) is 0 Å². The lowest BCUT2D eigenvalue weighted by Crippen LogP contribution is -2.43. The van der Waals surface area contributed by atoms with Gasteiger partial charge in [0.25, 0.3) is 0 Å². The zero-order valence-electron chi connectivity index (χ0n) is 22.9. The van der Waals surface area contributed by atoms with E-state index in [1.54, 1.807) is 38.3 Å². The smallest absolute Gasteiger partial charge is 0.344 e. The van der Waals surface area contributed by atoms with E-state index < -0.39 is 5.97 Å². The molecule has 208 valence electrons. The molecule has 2 aromatic carbocycles. The van der Waals surface area contributed by atoms with Gasteiger partial charge < -0.3 is 24.0 Å². The molecule has 9 heteroatoms. The standard InChI is InChI=1S/C31H33N3O5S/c1-4-39-31(37)28-29(36)26(40-30(28)32-22-12-14-23(38-3)15-13-22)17-21-18-33(25-11-6-5-10-24(21)25)19-27(35)34-16-8-7-9-20(34)2/h5-6,10-15,17-18,20,36H,4,7-9,16,19H2,1-3H3/b26-17-,32-30?/t20-/m1/s1. The maximum absolute atomic E-state index is 13.2. The summed E-state index contributed by atoms with van der Waals surface area (Å²) in [6.45, 7) is 5.03. The van der Waals surface area contributed by atoms with Crippen molar-refractivity contribution in [2.24, 2.45) is 4.99 Å². The molecule has 3 aromatic rings. The molecule has 1 fully saturated rings. The number of aliphatic hydroxyl groups excluding tert-OH is 1. The molecule has 1 amide bonds. The molecule has 2 aliphatic rings. The van der Waals surface area contributed by atoms with Crippen LogP contribution in [0.3, 0.4) is 0 Å². The van der Waals surface area contributed by atoms with E-state index in [2.05, 4.69) is 11.9 Å². The molecular formula is C31H33N3O5S. The molecule has 0 spiro atoms. The van der Waals surface area contributed by atoms with Crippen molar-refractivity contribution in [2.45, 2.75) is 45.7 Å². The van der Waals surface area contributed by atoms with Gasteiger partial charge in [0.1, 0.15) is 28.7 Å². The summed E-state index contributed by atoms with van der Waals surface area (Å²) in [5, 5.41) is 12.5. The van der Waals surface area contributed by atoms with Gasteiger partial charge in [-0.2, -0.15) is 0 Å². The van der Waals surface area contributed by atoms with Crippen LogP contribution in [-0.2, 0) is 20.9 Å². The largest absolute Gasteiger partial charge is 0.506 e. The first-order chi connectivity index (χ1) is 19.4. The third kappa shape index (κ3) is 5.65. The van der Waals surface area contributed by atoms with E-state index in [0.29, 0.717) is 21.4 Å². The van der Waals surface area contributed by atoms with Gasteiger partial charge in [-0.3, -0.25) is 4.79 Å². The van der Waals surface area contributed by atoms with Crippen LogP contribution in [0.25, 0.3) is 17.0 Å². The van der Waals surface area contributed by atoms with Crippen molar-refractivity contribution in [1.29, 1.82) is 0 Å². The molecule has 1 aromatic heterocycles. The van der Waals surface area contributed by atoms with Crippen LogP contribution in [0.5, 0.6) is 5.75 Å². The van der Waals surface area contributed by atoms with E-state index in [4.69, 9.17) is 9.47 Å². The van der Waals surface area contributed by atoms with Gasteiger partial charge in [-0.25, -0.2) is 9.79 Å². The van der Waals surface area contributed by atoms with Crippen molar-refractivity contribution in [1.82, 2.24) is 9.47 Å². The lowest BCUT2D eigenvalue weighted by atomic mass is 10.0. The van der Waals surface area contributed by atoms with E-state index in [-0.39, 0.29) is 36.4 Å². The molecule has 0 bridgehead atoms. The normalized spacial score (nSPS) is 19.6. The summed E-state index contributed by atoms with van der Waals surface area (Å²) in [5.41, 5.74) is 2.41. The van der Waals surface area contributed by atoms with Crippen molar-refractivity contribution in [3.05, 3.63) is 76.5 Å². The number of thioether (sulfide) groups is 1. The minimum atomic E-state index is -0.633. The molecule has 8 nitrogen and oxygen atoms in total. The summed E-state index contributed by atoms with van der Waals surface area (Å²) in [7, 11) is 1.59. The topological polar surface area (TPSA) is 93.4 Å². The highest BCUT2D eigenvalue weighted by molar-refractivity contribution is 8.18. The Kier molecular flexibility index (Phi) is 8.30. The fraction of sp³-hybridized carbons (Fsp3) is 0.323. The lowest BCUT2D eigenvalue weighted by Gasteiger charge is -2.33. The Balaban J connectivity index is 1.50. The molecule has 1 saturated heterocycles. The van der Waals surface area contributed by atoms with Gasteiger partial charge in [-0.05, 0) is 69.5 Å². The number of aromatic nitrogens is 1. The molecule has 0 aliphatic carbocycles. The third-order valence-electron chi connectivity index (χ3n) is 7.21. The van der Waals surface area contributed by atoms with Gasteiger partial charge in [-0.15, -0.1) is 0 Å². The summed E-state index contributed by atoms with van der Waals surface area (Å²) < 4.78 is 12.4. The van der Waals surface area contributed by atoms with Gasteiger partial charge in [0.05, 0.1) is 24.3 Å². The molecule has 0 unspecified atom stereocenters. The maximum Gasteiger partial charge on any atom is 0.344 e. The lowest BCUT2D eigenvalue weighted by molar-refractivity contribution is -0.138.